The van der Waals surface area contributed by atoms with E-state index < -0.39 is 0 Å². The van der Waals surface area contributed by atoms with Crippen molar-refractivity contribution in [3.8, 4) is 0 Å². The summed E-state index contributed by atoms with van der Waals surface area (Å²) in [5.41, 5.74) is 0.559. The fourth-order valence-corrected chi connectivity index (χ4v) is 2.42. The van der Waals surface area contributed by atoms with Crippen molar-refractivity contribution in [2.24, 2.45) is 5.92 Å². The number of carbonyl (C=O) groups excluding carboxylic acids is 2. The van der Waals surface area contributed by atoms with Crippen LogP contribution in [0.2, 0.25) is 0 Å². The molecule has 1 saturated carbocycles. The first kappa shape index (κ1) is 12.1. The van der Waals surface area contributed by atoms with Gasteiger partial charge in [0.15, 0.2) is 0 Å². The largest absolute Gasteiger partial charge is 0.339 e. The molecule has 1 atom stereocenters. The Labute approximate surface area is 110 Å². The highest BCUT2D eigenvalue weighted by Crippen LogP contribution is 2.32. The maximum atomic E-state index is 12.8. The van der Waals surface area contributed by atoms with E-state index in [4.69, 9.17) is 0 Å². The summed E-state index contributed by atoms with van der Waals surface area (Å²) in [7, 11) is 0. The van der Waals surface area contributed by atoms with Gasteiger partial charge < -0.3 is 10.2 Å². The van der Waals surface area contributed by atoms with Gasteiger partial charge in [-0.3, -0.25) is 9.59 Å². The average Bonchev–Trinajstić information content (AvgIpc) is 3.15. The lowest BCUT2D eigenvalue weighted by atomic mass is 10.1. The summed E-state index contributed by atoms with van der Waals surface area (Å²) >= 11 is 0. The van der Waals surface area contributed by atoms with E-state index in [1.165, 1.54) is 24.3 Å². The van der Waals surface area contributed by atoms with Crippen molar-refractivity contribution < 1.29 is 14.0 Å². The van der Waals surface area contributed by atoms with Gasteiger partial charge >= 0.3 is 0 Å². The second kappa shape index (κ2) is 4.64. The van der Waals surface area contributed by atoms with E-state index in [0.717, 1.165) is 12.8 Å². The second-order valence-corrected chi connectivity index (χ2v) is 5.17. The van der Waals surface area contributed by atoms with Crippen LogP contribution in [0.5, 0.6) is 0 Å². The van der Waals surface area contributed by atoms with Crippen molar-refractivity contribution in [2.45, 2.75) is 25.3 Å². The van der Waals surface area contributed by atoms with Crippen LogP contribution in [-0.4, -0.2) is 29.3 Å². The van der Waals surface area contributed by atoms with Crippen molar-refractivity contribution in [3.63, 3.8) is 0 Å². The summed E-state index contributed by atoms with van der Waals surface area (Å²) < 4.78 is 12.8. The van der Waals surface area contributed by atoms with E-state index in [1.807, 2.05) is 4.90 Å². The zero-order valence-electron chi connectivity index (χ0n) is 10.4. The maximum Gasteiger partial charge on any atom is 0.229 e. The average molecular weight is 262 g/mol. The summed E-state index contributed by atoms with van der Waals surface area (Å²) in [5, 5.41) is 2.73. The number of halogens is 1. The van der Waals surface area contributed by atoms with Gasteiger partial charge in [-0.1, -0.05) is 0 Å². The SMILES string of the molecule is O=C(Nc1ccc(F)cc1)C1CC(=O)N(C2CC2)C1. The molecule has 0 aromatic heterocycles. The highest BCUT2D eigenvalue weighted by atomic mass is 19.1. The van der Waals surface area contributed by atoms with Crippen molar-refractivity contribution in [3.05, 3.63) is 30.1 Å². The van der Waals surface area contributed by atoms with Crippen molar-refractivity contribution in [1.82, 2.24) is 4.90 Å². The Hall–Kier alpha value is -1.91. The van der Waals surface area contributed by atoms with Gasteiger partial charge in [0.25, 0.3) is 0 Å². The monoisotopic (exact) mass is 262 g/mol. The number of likely N-dealkylation sites (tertiary alicyclic amines) is 1. The Morgan fingerprint density at radius 2 is 1.95 bits per heavy atom. The maximum absolute atomic E-state index is 12.8. The first-order valence-corrected chi connectivity index (χ1v) is 6.49. The fourth-order valence-electron chi connectivity index (χ4n) is 2.42. The van der Waals surface area contributed by atoms with Crippen LogP contribution in [0.3, 0.4) is 0 Å². The van der Waals surface area contributed by atoms with E-state index in [9.17, 15) is 14.0 Å². The predicted molar refractivity (Wildman–Crippen MR) is 67.9 cm³/mol. The Balaban J connectivity index is 1.61. The van der Waals surface area contributed by atoms with Gasteiger partial charge in [0.05, 0.1) is 5.92 Å². The van der Waals surface area contributed by atoms with E-state index in [-0.39, 0.29) is 30.0 Å². The number of carbonyl (C=O) groups is 2. The van der Waals surface area contributed by atoms with E-state index in [1.54, 1.807) is 0 Å². The summed E-state index contributed by atoms with van der Waals surface area (Å²) in [6.07, 6.45) is 2.39. The number of hydrogen-bond acceptors (Lipinski definition) is 2. The molecule has 1 aromatic carbocycles. The van der Waals surface area contributed by atoms with Crippen molar-refractivity contribution in [2.75, 3.05) is 11.9 Å². The molecule has 2 fully saturated rings. The number of anilines is 1. The Bertz CT molecular complexity index is 511. The van der Waals surface area contributed by atoms with Crippen molar-refractivity contribution in [1.29, 1.82) is 0 Å². The van der Waals surface area contributed by atoms with E-state index in [0.29, 0.717) is 18.3 Å². The lowest BCUT2D eigenvalue weighted by molar-refractivity contribution is -0.128. The van der Waals surface area contributed by atoms with Crippen LogP contribution in [0.15, 0.2) is 24.3 Å². The lowest BCUT2D eigenvalue weighted by Crippen LogP contribution is -2.29. The number of rotatable bonds is 3. The van der Waals surface area contributed by atoms with Gasteiger partial charge in [-0.15, -0.1) is 0 Å². The summed E-state index contributed by atoms with van der Waals surface area (Å²) in [4.78, 5) is 25.6. The van der Waals surface area contributed by atoms with Crippen LogP contribution in [-0.2, 0) is 9.59 Å². The first-order valence-electron chi connectivity index (χ1n) is 6.49. The zero-order valence-corrected chi connectivity index (χ0v) is 10.4. The third-order valence-electron chi connectivity index (χ3n) is 3.63. The molecule has 2 aliphatic rings. The fraction of sp³-hybridized carbons (Fsp3) is 0.429. The summed E-state index contributed by atoms with van der Waals surface area (Å²) in [6, 6.07) is 5.99. The van der Waals surface area contributed by atoms with Gasteiger partial charge in [-0.25, -0.2) is 4.39 Å². The van der Waals surface area contributed by atoms with Gasteiger partial charge in [-0.2, -0.15) is 0 Å². The Morgan fingerprint density at radius 3 is 2.58 bits per heavy atom. The molecule has 0 spiro atoms. The molecule has 0 radical (unpaired) electrons. The van der Waals surface area contributed by atoms with Crippen LogP contribution in [0.25, 0.3) is 0 Å². The first-order chi connectivity index (χ1) is 9.13. The molecular weight excluding hydrogens is 247 g/mol. The van der Waals surface area contributed by atoms with Crippen LogP contribution < -0.4 is 5.32 Å². The van der Waals surface area contributed by atoms with Gasteiger partial charge in [0.2, 0.25) is 11.8 Å². The molecule has 1 N–H and O–H groups in total. The molecule has 3 rings (SSSR count). The number of nitrogens with zero attached hydrogens (tertiary/aromatic N) is 1. The van der Waals surface area contributed by atoms with Crippen LogP contribution in [0.1, 0.15) is 19.3 Å². The molecule has 1 heterocycles. The third kappa shape index (κ3) is 2.59. The van der Waals surface area contributed by atoms with E-state index in [2.05, 4.69) is 5.32 Å². The number of hydrogen-bond donors (Lipinski definition) is 1. The Morgan fingerprint density at radius 1 is 1.26 bits per heavy atom. The molecule has 1 aromatic rings. The molecule has 2 amide bonds. The smallest absolute Gasteiger partial charge is 0.229 e. The number of amides is 2. The number of benzene rings is 1. The molecule has 0 bridgehead atoms. The highest BCUT2D eigenvalue weighted by Gasteiger charge is 2.41. The topological polar surface area (TPSA) is 49.4 Å². The number of nitrogens with one attached hydrogen (secondary N) is 1. The minimum atomic E-state index is -0.339. The van der Waals surface area contributed by atoms with Crippen LogP contribution in [0.4, 0.5) is 10.1 Å². The molecule has 1 aliphatic carbocycles. The van der Waals surface area contributed by atoms with Crippen molar-refractivity contribution >= 4 is 17.5 Å². The van der Waals surface area contributed by atoms with E-state index >= 15 is 0 Å². The lowest BCUT2D eigenvalue weighted by Gasteiger charge is -2.15. The quantitative estimate of drug-likeness (QED) is 0.902. The molecule has 1 saturated heterocycles. The third-order valence-corrected chi connectivity index (χ3v) is 3.63. The summed E-state index contributed by atoms with van der Waals surface area (Å²) in [5.74, 6) is -0.725. The standard InChI is InChI=1S/C14H15FN2O2/c15-10-1-3-11(4-2-10)16-14(19)9-7-13(18)17(8-9)12-5-6-12/h1-4,9,12H,5-8H2,(H,16,19). The molecule has 19 heavy (non-hydrogen) atoms. The van der Waals surface area contributed by atoms with Crippen LogP contribution in [0, 0.1) is 11.7 Å². The highest BCUT2D eigenvalue weighted by molar-refractivity contribution is 5.97. The zero-order chi connectivity index (χ0) is 13.4. The molecule has 5 heteroatoms. The van der Waals surface area contributed by atoms with Crippen LogP contribution >= 0.6 is 0 Å². The van der Waals surface area contributed by atoms with Gasteiger partial charge in [-0.05, 0) is 37.1 Å². The molecule has 4 nitrogen and oxygen atoms in total. The summed E-state index contributed by atoms with van der Waals surface area (Å²) in [6.45, 7) is 0.510. The predicted octanol–water partition coefficient (Wildman–Crippen LogP) is 1.78. The minimum absolute atomic E-state index is 0.0711. The van der Waals surface area contributed by atoms with Gasteiger partial charge in [0.1, 0.15) is 5.82 Å². The van der Waals surface area contributed by atoms with Gasteiger partial charge in [0, 0.05) is 24.7 Å². The minimum Gasteiger partial charge on any atom is -0.339 e. The molecule has 1 unspecified atom stereocenters. The Kier molecular flexibility index (Phi) is 2.97. The molecule has 1 aliphatic heterocycles. The molecular formula is C14H15FN2O2. The second-order valence-electron chi connectivity index (χ2n) is 5.17. The molecule has 100 valence electrons. The normalized spacial score (nSPS) is 22.7.